The van der Waals surface area contributed by atoms with E-state index >= 15 is 0 Å². The summed E-state index contributed by atoms with van der Waals surface area (Å²) in [6.45, 7) is 4.98. The number of aliphatic imine (C=N–C) groups is 1. The zero-order valence-electron chi connectivity index (χ0n) is 17.5. The number of anilines is 1. The van der Waals surface area contributed by atoms with Crippen molar-refractivity contribution in [2.45, 2.75) is 13.3 Å². The summed E-state index contributed by atoms with van der Waals surface area (Å²) in [7, 11) is 0. The summed E-state index contributed by atoms with van der Waals surface area (Å²) in [5, 5.41) is 33.5. The maximum absolute atomic E-state index is 11.9. The second kappa shape index (κ2) is 12.9. The highest BCUT2D eigenvalue weighted by atomic mass is 16.3. The third kappa shape index (κ3) is 7.72. The van der Waals surface area contributed by atoms with Gasteiger partial charge in [-0.15, -0.1) is 0 Å². The summed E-state index contributed by atoms with van der Waals surface area (Å²) >= 11 is 0. The quantitative estimate of drug-likeness (QED) is 0.239. The van der Waals surface area contributed by atoms with Crippen LogP contribution in [0.5, 0.6) is 0 Å². The summed E-state index contributed by atoms with van der Waals surface area (Å²) in [5.41, 5.74) is 3.64. The van der Waals surface area contributed by atoms with Crippen LogP contribution in [0, 0.1) is 0 Å². The molecule has 2 rings (SSSR count). The van der Waals surface area contributed by atoms with Crippen molar-refractivity contribution in [3.05, 3.63) is 47.7 Å². The number of nitrogens with one attached hydrogen (secondary N) is 2. The lowest BCUT2D eigenvalue weighted by Crippen LogP contribution is -2.31. The molecule has 0 unspecified atom stereocenters. The molecule has 0 fully saturated rings. The van der Waals surface area contributed by atoms with Crippen LogP contribution in [0.2, 0.25) is 0 Å². The molecule has 0 amide bonds. The van der Waals surface area contributed by atoms with Crippen molar-refractivity contribution in [3.63, 3.8) is 0 Å². The number of ketones is 1. The fraction of sp³-hybridized carbons (Fsp3) is 0.455. The van der Waals surface area contributed by atoms with E-state index in [1.54, 1.807) is 13.0 Å². The van der Waals surface area contributed by atoms with Crippen molar-refractivity contribution in [3.8, 4) is 0 Å². The lowest BCUT2D eigenvalue weighted by Gasteiger charge is -2.20. The Hall–Kier alpha value is -2.52. The van der Waals surface area contributed by atoms with E-state index in [4.69, 9.17) is 15.3 Å². The van der Waals surface area contributed by atoms with E-state index in [-0.39, 0.29) is 25.6 Å². The molecule has 8 nitrogen and oxygen atoms in total. The number of rotatable bonds is 13. The Bertz CT molecular complexity index is 766. The predicted molar refractivity (Wildman–Crippen MR) is 119 cm³/mol. The first kappa shape index (κ1) is 23.8. The Balaban J connectivity index is 1.93. The fourth-order valence-electron chi connectivity index (χ4n) is 3.04. The molecular weight excluding hydrogens is 384 g/mol. The number of carbonyl (C=O) groups is 1. The van der Waals surface area contributed by atoms with Crippen molar-refractivity contribution < 1.29 is 20.1 Å². The minimum atomic E-state index is -0.0644. The maximum Gasteiger partial charge on any atom is 0.183 e. The molecule has 0 saturated carbocycles. The largest absolute Gasteiger partial charge is 0.395 e. The molecule has 0 spiro atoms. The van der Waals surface area contributed by atoms with Gasteiger partial charge in [0, 0.05) is 37.9 Å². The second-order valence-electron chi connectivity index (χ2n) is 7.01. The van der Waals surface area contributed by atoms with Gasteiger partial charge in [-0.2, -0.15) is 0 Å². The number of hydrogen-bond donors (Lipinski definition) is 5. The first-order chi connectivity index (χ1) is 14.6. The molecule has 30 heavy (non-hydrogen) atoms. The standard InChI is InChI=1S/C22H32N4O4/c1-17-15-21(20(16-22(17)30)24-8-12-27)25-19-5-3-18(4-6-19)23-7-2-9-26(10-13-28)11-14-29/h3-6,15-16,23-24,27-29H,2,7-14H2,1H3/b25-21+. The summed E-state index contributed by atoms with van der Waals surface area (Å²) in [6, 6.07) is 7.71. The maximum atomic E-state index is 11.9. The zero-order valence-corrected chi connectivity index (χ0v) is 17.5. The third-order valence-corrected chi connectivity index (χ3v) is 4.65. The topological polar surface area (TPSA) is 117 Å². The number of aliphatic hydroxyl groups excluding tert-OH is 3. The van der Waals surface area contributed by atoms with E-state index in [1.807, 2.05) is 29.2 Å². The molecule has 0 radical (unpaired) electrons. The van der Waals surface area contributed by atoms with Gasteiger partial charge in [-0.05, 0) is 55.8 Å². The number of hydrogen-bond acceptors (Lipinski definition) is 8. The van der Waals surface area contributed by atoms with Crippen LogP contribution >= 0.6 is 0 Å². The van der Waals surface area contributed by atoms with Gasteiger partial charge in [0.05, 0.1) is 36.9 Å². The van der Waals surface area contributed by atoms with Crippen LogP contribution in [0.4, 0.5) is 11.4 Å². The second-order valence-corrected chi connectivity index (χ2v) is 7.01. The van der Waals surface area contributed by atoms with Gasteiger partial charge < -0.3 is 26.0 Å². The van der Waals surface area contributed by atoms with Gasteiger partial charge in [0.25, 0.3) is 0 Å². The van der Waals surface area contributed by atoms with Gasteiger partial charge in [-0.25, -0.2) is 4.99 Å². The molecule has 0 atom stereocenters. The molecule has 0 bridgehead atoms. The van der Waals surface area contributed by atoms with Crippen LogP contribution in [0.3, 0.4) is 0 Å². The minimum Gasteiger partial charge on any atom is -0.395 e. The lowest BCUT2D eigenvalue weighted by atomic mass is 10.0. The molecule has 0 aromatic heterocycles. The molecule has 5 N–H and O–H groups in total. The summed E-state index contributed by atoms with van der Waals surface area (Å²) < 4.78 is 0. The van der Waals surface area contributed by atoms with Crippen LogP contribution in [0.25, 0.3) is 0 Å². The highest BCUT2D eigenvalue weighted by Gasteiger charge is 2.15. The zero-order chi connectivity index (χ0) is 21.8. The van der Waals surface area contributed by atoms with Gasteiger partial charge in [-0.3, -0.25) is 9.69 Å². The first-order valence-electron chi connectivity index (χ1n) is 10.2. The summed E-state index contributed by atoms with van der Waals surface area (Å²) in [4.78, 5) is 18.6. The molecule has 8 heteroatoms. The molecule has 1 aliphatic rings. The van der Waals surface area contributed by atoms with Crippen LogP contribution < -0.4 is 10.6 Å². The van der Waals surface area contributed by atoms with Gasteiger partial charge in [-0.1, -0.05) is 0 Å². The molecule has 0 aliphatic heterocycles. The van der Waals surface area contributed by atoms with Crippen LogP contribution in [0.1, 0.15) is 13.3 Å². The van der Waals surface area contributed by atoms with E-state index in [0.29, 0.717) is 36.6 Å². The number of carbonyl (C=O) groups excluding carboxylic acids is 1. The van der Waals surface area contributed by atoms with Crippen molar-refractivity contribution in [2.75, 3.05) is 57.9 Å². The number of allylic oxidation sites excluding steroid dienone is 3. The van der Waals surface area contributed by atoms with E-state index in [2.05, 4.69) is 15.6 Å². The Morgan fingerprint density at radius 2 is 1.60 bits per heavy atom. The highest BCUT2D eigenvalue weighted by Crippen LogP contribution is 2.20. The number of benzene rings is 1. The Morgan fingerprint density at radius 3 is 2.23 bits per heavy atom. The van der Waals surface area contributed by atoms with Crippen LogP contribution in [0.15, 0.2) is 52.7 Å². The molecule has 1 aliphatic carbocycles. The van der Waals surface area contributed by atoms with Crippen molar-refractivity contribution in [1.82, 2.24) is 10.2 Å². The van der Waals surface area contributed by atoms with Crippen LogP contribution in [-0.4, -0.2) is 84.3 Å². The normalized spacial score (nSPS) is 15.4. The first-order valence-corrected chi connectivity index (χ1v) is 10.2. The van der Waals surface area contributed by atoms with Crippen LogP contribution in [-0.2, 0) is 4.79 Å². The molecular formula is C22H32N4O4. The molecule has 0 saturated heterocycles. The van der Waals surface area contributed by atoms with Gasteiger partial charge in [0.2, 0.25) is 0 Å². The van der Waals surface area contributed by atoms with E-state index in [1.165, 1.54) is 6.08 Å². The number of nitrogens with zero attached hydrogens (tertiary/aromatic N) is 2. The molecule has 1 aromatic rings. The average Bonchev–Trinajstić information content (AvgIpc) is 2.74. The Morgan fingerprint density at radius 1 is 0.900 bits per heavy atom. The van der Waals surface area contributed by atoms with Crippen molar-refractivity contribution in [1.29, 1.82) is 0 Å². The smallest absolute Gasteiger partial charge is 0.183 e. The fourth-order valence-corrected chi connectivity index (χ4v) is 3.04. The van der Waals surface area contributed by atoms with E-state index in [0.717, 1.165) is 30.9 Å². The highest BCUT2D eigenvalue weighted by molar-refractivity contribution is 6.22. The summed E-state index contributed by atoms with van der Waals surface area (Å²) in [5.74, 6) is -0.0644. The number of aliphatic hydroxyl groups is 3. The Labute approximate surface area is 177 Å². The average molecular weight is 417 g/mol. The summed E-state index contributed by atoms with van der Waals surface area (Å²) in [6.07, 6.45) is 4.15. The van der Waals surface area contributed by atoms with Gasteiger partial charge >= 0.3 is 0 Å². The predicted octanol–water partition coefficient (Wildman–Crippen LogP) is 0.843. The monoisotopic (exact) mass is 416 g/mol. The molecule has 0 heterocycles. The van der Waals surface area contributed by atoms with Gasteiger partial charge in [0.1, 0.15) is 0 Å². The molecule has 164 valence electrons. The SMILES string of the molecule is CC1=C/C(=N\c2ccc(NCCCN(CCO)CCO)cc2)C(NCCO)=CC1=O. The minimum absolute atomic E-state index is 0.0281. The Kier molecular flexibility index (Phi) is 10.2. The van der Waals surface area contributed by atoms with Crippen molar-refractivity contribution >= 4 is 22.9 Å². The lowest BCUT2D eigenvalue weighted by molar-refractivity contribution is -0.111. The van der Waals surface area contributed by atoms with E-state index in [9.17, 15) is 4.79 Å². The van der Waals surface area contributed by atoms with Gasteiger partial charge in [0.15, 0.2) is 5.78 Å². The van der Waals surface area contributed by atoms with Crippen molar-refractivity contribution in [2.24, 2.45) is 4.99 Å². The van der Waals surface area contributed by atoms with E-state index < -0.39 is 0 Å². The molecule has 1 aromatic carbocycles. The third-order valence-electron chi connectivity index (χ3n) is 4.65.